The van der Waals surface area contributed by atoms with Crippen LogP contribution in [-0.4, -0.2) is 84.4 Å². The summed E-state index contributed by atoms with van der Waals surface area (Å²) in [7, 11) is -3.48. The normalized spacial score (nSPS) is 24.7. The van der Waals surface area contributed by atoms with E-state index in [1.54, 1.807) is 12.3 Å². The molecule has 1 aromatic carbocycles. The van der Waals surface area contributed by atoms with Gasteiger partial charge in [0.1, 0.15) is 11.5 Å². The lowest BCUT2D eigenvalue weighted by Gasteiger charge is -2.41. The van der Waals surface area contributed by atoms with Crippen LogP contribution in [0.5, 0.6) is 0 Å². The summed E-state index contributed by atoms with van der Waals surface area (Å²) in [5.41, 5.74) is 0.737. The summed E-state index contributed by atoms with van der Waals surface area (Å²) in [6.45, 7) is 3.52. The van der Waals surface area contributed by atoms with Crippen LogP contribution in [0.3, 0.4) is 0 Å². The number of amides is 1. The Morgan fingerprint density at radius 1 is 1.08 bits per heavy atom. The third-order valence-electron chi connectivity index (χ3n) is 7.67. The Hall–Kier alpha value is -2.79. The van der Waals surface area contributed by atoms with E-state index in [0.29, 0.717) is 37.0 Å². The Balaban J connectivity index is 1.30. The van der Waals surface area contributed by atoms with Crippen molar-refractivity contribution in [3.05, 3.63) is 42.0 Å². The first kappa shape index (κ1) is 25.8. The summed E-state index contributed by atoms with van der Waals surface area (Å²) in [6.07, 6.45) is 7.46. The highest BCUT2D eigenvalue weighted by atomic mass is 32.2. The predicted molar refractivity (Wildman–Crippen MR) is 138 cm³/mol. The lowest BCUT2D eigenvalue weighted by molar-refractivity contribution is 0.0470. The molecule has 1 N–H and O–H groups in total. The van der Waals surface area contributed by atoms with Gasteiger partial charge in [0, 0.05) is 50.2 Å². The maximum Gasteiger partial charge on any atom is 0.273 e. The molecule has 1 amide bonds. The van der Waals surface area contributed by atoms with Crippen molar-refractivity contribution in [1.29, 1.82) is 0 Å². The maximum atomic E-state index is 14.8. The van der Waals surface area contributed by atoms with E-state index in [2.05, 4.69) is 9.97 Å². The number of aliphatic hydroxyl groups is 1. The molecule has 1 aromatic heterocycles. The highest BCUT2D eigenvalue weighted by molar-refractivity contribution is 7.90. The molecule has 2 aromatic rings. The van der Waals surface area contributed by atoms with Crippen LogP contribution in [-0.2, 0) is 9.84 Å². The average molecular weight is 532 g/mol. The molecule has 2 heterocycles. The van der Waals surface area contributed by atoms with Gasteiger partial charge in [0.25, 0.3) is 5.91 Å². The van der Waals surface area contributed by atoms with Gasteiger partial charge in [-0.05, 0) is 69.7 Å². The van der Waals surface area contributed by atoms with Crippen LogP contribution in [0.25, 0.3) is 0 Å². The van der Waals surface area contributed by atoms with Gasteiger partial charge in [-0.15, -0.1) is 0 Å². The van der Waals surface area contributed by atoms with Gasteiger partial charge in [0.2, 0.25) is 5.95 Å². The largest absolute Gasteiger partial charge is 0.393 e. The van der Waals surface area contributed by atoms with E-state index >= 15 is 0 Å². The molecule has 1 aliphatic heterocycles. The van der Waals surface area contributed by atoms with Gasteiger partial charge in [0.05, 0.1) is 16.7 Å². The molecule has 0 radical (unpaired) electrons. The van der Waals surface area contributed by atoms with Gasteiger partial charge in [-0.3, -0.25) is 4.79 Å². The fraction of sp³-hybridized carbons (Fsp3) is 0.577. The summed E-state index contributed by atoms with van der Waals surface area (Å²) in [5.74, 6) is -0.171. The summed E-state index contributed by atoms with van der Waals surface area (Å²) >= 11 is 0. The second kappa shape index (κ2) is 10.2. The van der Waals surface area contributed by atoms with Gasteiger partial charge in [0.15, 0.2) is 9.84 Å². The van der Waals surface area contributed by atoms with Gasteiger partial charge < -0.3 is 19.8 Å². The molecule has 0 spiro atoms. The molecular formula is C26H34FN5O4S. The van der Waals surface area contributed by atoms with Crippen molar-refractivity contribution >= 4 is 27.4 Å². The highest BCUT2D eigenvalue weighted by Crippen LogP contribution is 2.35. The average Bonchev–Trinajstić information content (AvgIpc) is 3.70. The number of carbonyl (C=O) groups is 1. The number of anilines is 2. The second-order valence-electron chi connectivity index (χ2n) is 10.5. The highest BCUT2D eigenvalue weighted by Gasteiger charge is 2.40. The van der Waals surface area contributed by atoms with Gasteiger partial charge in [-0.1, -0.05) is 0 Å². The topological polar surface area (TPSA) is 107 Å². The van der Waals surface area contributed by atoms with E-state index in [-0.39, 0.29) is 35.0 Å². The number of carbonyl (C=O) groups excluding carboxylic acids is 1. The Morgan fingerprint density at radius 2 is 1.76 bits per heavy atom. The molecule has 2 aliphatic carbocycles. The fourth-order valence-electron chi connectivity index (χ4n) is 5.51. The Labute approximate surface area is 217 Å². The lowest BCUT2D eigenvalue weighted by Crippen LogP contribution is -2.53. The van der Waals surface area contributed by atoms with E-state index < -0.39 is 15.7 Å². The second-order valence-corrected chi connectivity index (χ2v) is 12.5. The number of hydrogen-bond acceptors (Lipinski definition) is 8. The minimum atomic E-state index is -3.48. The number of halogens is 1. The van der Waals surface area contributed by atoms with Crippen molar-refractivity contribution in [2.45, 2.75) is 74.6 Å². The summed E-state index contributed by atoms with van der Waals surface area (Å²) in [4.78, 5) is 28.5. The predicted octanol–water partition coefficient (Wildman–Crippen LogP) is 2.64. The molecular weight excluding hydrogens is 497 g/mol. The zero-order chi connectivity index (χ0) is 26.3. The van der Waals surface area contributed by atoms with Crippen molar-refractivity contribution in [1.82, 2.24) is 14.9 Å². The quantitative estimate of drug-likeness (QED) is 0.606. The van der Waals surface area contributed by atoms with Crippen molar-refractivity contribution < 1.29 is 22.7 Å². The van der Waals surface area contributed by atoms with Crippen LogP contribution in [0.2, 0.25) is 0 Å². The third-order valence-corrected chi connectivity index (χ3v) is 8.78. The number of aliphatic hydroxyl groups excluding tert-OH is 1. The van der Waals surface area contributed by atoms with E-state index in [9.17, 15) is 22.7 Å². The van der Waals surface area contributed by atoms with E-state index in [4.69, 9.17) is 0 Å². The summed E-state index contributed by atoms with van der Waals surface area (Å²) in [6, 6.07) is 6.00. The number of piperazine rings is 1. The maximum absolute atomic E-state index is 14.8. The smallest absolute Gasteiger partial charge is 0.273 e. The van der Waals surface area contributed by atoms with Crippen molar-refractivity contribution in [2.75, 3.05) is 35.7 Å². The van der Waals surface area contributed by atoms with Crippen LogP contribution in [0, 0.1) is 5.82 Å². The molecule has 0 unspecified atom stereocenters. The molecule has 1 atom stereocenters. The SMILES string of the molecule is C[C@@H]1CN(c2ccc(S(C)(=O)=O)cc2F)CCN1c1nccc(C(=O)N(C2CCC(O)CC2)C2CC2)n1. The molecule has 3 aliphatic rings. The zero-order valence-electron chi connectivity index (χ0n) is 21.3. The van der Waals surface area contributed by atoms with Crippen LogP contribution in [0.4, 0.5) is 16.0 Å². The molecule has 2 saturated carbocycles. The first-order chi connectivity index (χ1) is 17.6. The molecule has 1 saturated heterocycles. The number of nitrogens with zero attached hydrogens (tertiary/aromatic N) is 5. The summed E-state index contributed by atoms with van der Waals surface area (Å²) in [5, 5.41) is 9.90. The number of rotatable bonds is 6. The van der Waals surface area contributed by atoms with Crippen LogP contribution in [0.15, 0.2) is 35.4 Å². The number of aromatic nitrogens is 2. The zero-order valence-corrected chi connectivity index (χ0v) is 22.1. The number of sulfone groups is 1. The van der Waals surface area contributed by atoms with Crippen LogP contribution in [0.1, 0.15) is 55.9 Å². The fourth-order valence-corrected chi connectivity index (χ4v) is 6.14. The molecule has 5 rings (SSSR count). The Morgan fingerprint density at radius 3 is 2.35 bits per heavy atom. The van der Waals surface area contributed by atoms with Crippen LogP contribution >= 0.6 is 0 Å². The first-order valence-corrected chi connectivity index (χ1v) is 14.9. The van der Waals surface area contributed by atoms with E-state index in [1.807, 2.05) is 21.6 Å². The van der Waals surface area contributed by atoms with Crippen molar-refractivity contribution in [3.63, 3.8) is 0 Å². The molecule has 11 heteroatoms. The van der Waals surface area contributed by atoms with E-state index in [1.165, 1.54) is 12.1 Å². The molecule has 9 nitrogen and oxygen atoms in total. The first-order valence-electron chi connectivity index (χ1n) is 13.0. The monoisotopic (exact) mass is 531 g/mol. The minimum Gasteiger partial charge on any atom is -0.393 e. The Bertz CT molecular complexity index is 1260. The summed E-state index contributed by atoms with van der Waals surface area (Å²) < 4.78 is 38.3. The van der Waals surface area contributed by atoms with Crippen molar-refractivity contribution in [2.24, 2.45) is 0 Å². The van der Waals surface area contributed by atoms with E-state index in [0.717, 1.165) is 50.8 Å². The molecule has 200 valence electrons. The number of benzene rings is 1. The van der Waals surface area contributed by atoms with Gasteiger partial charge in [-0.25, -0.2) is 22.8 Å². The number of hydrogen-bond donors (Lipinski definition) is 1. The minimum absolute atomic E-state index is 0.0417. The molecule has 3 fully saturated rings. The van der Waals surface area contributed by atoms with Crippen molar-refractivity contribution in [3.8, 4) is 0 Å². The van der Waals surface area contributed by atoms with Gasteiger partial charge in [-0.2, -0.15) is 0 Å². The van der Waals surface area contributed by atoms with Crippen LogP contribution < -0.4 is 9.80 Å². The standard InChI is InChI=1S/C26H34FN5O4S/c1-17-16-30(24-10-9-21(15-22(24)27)37(2,35)36)13-14-31(17)26-28-12-11-23(29-26)25(34)32(18-3-4-18)19-5-7-20(33)8-6-19/h9-12,15,17-20,33H,3-8,13-14,16H2,1-2H3/t17-,19?,20?/m1/s1. The third kappa shape index (κ3) is 5.57. The lowest BCUT2D eigenvalue weighted by atomic mass is 9.91. The Kier molecular flexibility index (Phi) is 7.10. The molecule has 0 bridgehead atoms. The molecule has 37 heavy (non-hydrogen) atoms. The van der Waals surface area contributed by atoms with Gasteiger partial charge >= 0.3 is 0 Å².